The summed E-state index contributed by atoms with van der Waals surface area (Å²) >= 11 is 0. The first-order valence-electron chi connectivity index (χ1n) is 10.5. The van der Waals surface area contributed by atoms with Gasteiger partial charge in [0.2, 0.25) is 5.91 Å². The van der Waals surface area contributed by atoms with Gasteiger partial charge in [-0.05, 0) is 40.7 Å². The van der Waals surface area contributed by atoms with Gasteiger partial charge in [-0.1, -0.05) is 58.4 Å². The lowest BCUT2D eigenvalue weighted by molar-refractivity contribution is -0.135. The van der Waals surface area contributed by atoms with E-state index in [0.29, 0.717) is 24.3 Å². The van der Waals surface area contributed by atoms with Crippen LogP contribution in [-0.2, 0) is 14.9 Å². The molecule has 1 aromatic carbocycles. The van der Waals surface area contributed by atoms with E-state index in [1.54, 1.807) is 0 Å². The molecule has 0 unspecified atom stereocenters. The van der Waals surface area contributed by atoms with E-state index in [1.807, 2.05) is 4.90 Å². The average Bonchev–Trinajstić information content (AvgIpc) is 3.16. The Labute approximate surface area is 168 Å². The summed E-state index contributed by atoms with van der Waals surface area (Å²) in [5.74, 6) is 1.77. The predicted octanol–water partition coefficient (Wildman–Crippen LogP) is 3.93. The van der Waals surface area contributed by atoms with E-state index in [2.05, 4.69) is 62.0 Å². The first-order valence-corrected chi connectivity index (χ1v) is 10.5. The lowest BCUT2D eigenvalue weighted by Crippen LogP contribution is -2.41. The van der Waals surface area contributed by atoms with Crippen molar-refractivity contribution >= 4 is 12.0 Å². The highest BCUT2D eigenvalue weighted by molar-refractivity contribution is 5.80. The number of alkyl carbamates (subject to hydrolysis) is 1. The molecule has 1 aromatic rings. The standard InChI is InChI=1S/C23H34N2O3/c1-6-7-16(12-24-22(27)28-5)21(26)25-13-18-19(14-25)20(18)15-8-10-17(11-9-15)23(2,3)4/h8-11,16,18-20H,6-7,12-14H2,1-5H3,(H,24,27)/t16-,18-,19+,20+/m1/s1. The van der Waals surface area contributed by atoms with Gasteiger partial charge in [-0.15, -0.1) is 0 Å². The number of hydrogen-bond donors (Lipinski definition) is 1. The monoisotopic (exact) mass is 386 g/mol. The van der Waals surface area contributed by atoms with Crippen molar-refractivity contribution in [2.24, 2.45) is 17.8 Å². The van der Waals surface area contributed by atoms with Crippen LogP contribution in [0.5, 0.6) is 0 Å². The Kier molecular flexibility index (Phi) is 6.01. The minimum atomic E-state index is -0.475. The minimum absolute atomic E-state index is 0.161. The molecule has 154 valence electrons. The van der Waals surface area contributed by atoms with Gasteiger partial charge in [0.25, 0.3) is 0 Å². The summed E-state index contributed by atoms with van der Waals surface area (Å²) in [6.07, 6.45) is 1.23. The number of likely N-dealkylation sites (tertiary alicyclic amines) is 1. The number of methoxy groups -OCH3 is 1. The summed E-state index contributed by atoms with van der Waals surface area (Å²) in [6, 6.07) is 9.05. The topological polar surface area (TPSA) is 58.6 Å². The summed E-state index contributed by atoms with van der Waals surface area (Å²) in [5.41, 5.74) is 2.94. The molecule has 0 aromatic heterocycles. The Balaban J connectivity index is 1.55. The molecule has 1 heterocycles. The van der Waals surface area contributed by atoms with Crippen LogP contribution in [0.3, 0.4) is 0 Å². The Morgan fingerprint density at radius 1 is 1.18 bits per heavy atom. The second kappa shape index (κ2) is 8.14. The second-order valence-electron chi connectivity index (χ2n) is 9.33. The van der Waals surface area contributed by atoms with Crippen molar-refractivity contribution in [3.05, 3.63) is 35.4 Å². The van der Waals surface area contributed by atoms with Gasteiger partial charge in [0.1, 0.15) is 0 Å². The zero-order valence-electron chi connectivity index (χ0n) is 17.8. The van der Waals surface area contributed by atoms with E-state index in [4.69, 9.17) is 0 Å². The van der Waals surface area contributed by atoms with Crippen LogP contribution in [0, 0.1) is 17.8 Å². The molecule has 5 heteroatoms. The van der Waals surface area contributed by atoms with Gasteiger partial charge in [0, 0.05) is 19.6 Å². The summed E-state index contributed by atoms with van der Waals surface area (Å²) in [4.78, 5) is 26.3. The molecule has 3 rings (SSSR count). The SMILES string of the molecule is CCC[C@H](CNC(=O)OC)C(=O)N1C[C@@H]2[C@H](C1)[C@H]2c1ccc(C(C)(C)C)cc1. The van der Waals surface area contributed by atoms with Crippen LogP contribution in [0.25, 0.3) is 0 Å². The molecular weight excluding hydrogens is 352 g/mol. The molecule has 1 aliphatic heterocycles. The molecule has 4 atom stereocenters. The van der Waals surface area contributed by atoms with Crippen LogP contribution < -0.4 is 5.32 Å². The number of rotatable bonds is 6. The molecule has 1 saturated carbocycles. The second-order valence-corrected chi connectivity index (χ2v) is 9.33. The number of amides is 2. The molecule has 1 saturated heterocycles. The van der Waals surface area contributed by atoms with Gasteiger partial charge in [-0.3, -0.25) is 4.79 Å². The van der Waals surface area contributed by atoms with Crippen LogP contribution in [0.4, 0.5) is 4.79 Å². The van der Waals surface area contributed by atoms with Gasteiger partial charge >= 0.3 is 6.09 Å². The lowest BCUT2D eigenvalue weighted by Gasteiger charge is -2.26. The lowest BCUT2D eigenvalue weighted by atomic mass is 9.86. The highest BCUT2D eigenvalue weighted by Crippen LogP contribution is 2.58. The van der Waals surface area contributed by atoms with Crippen LogP contribution >= 0.6 is 0 Å². The van der Waals surface area contributed by atoms with E-state index >= 15 is 0 Å². The van der Waals surface area contributed by atoms with Gasteiger partial charge in [-0.2, -0.15) is 0 Å². The van der Waals surface area contributed by atoms with Crippen LogP contribution in [0.15, 0.2) is 24.3 Å². The van der Waals surface area contributed by atoms with E-state index in [9.17, 15) is 9.59 Å². The van der Waals surface area contributed by atoms with E-state index in [1.165, 1.54) is 18.2 Å². The largest absolute Gasteiger partial charge is 0.453 e. The molecule has 0 spiro atoms. The van der Waals surface area contributed by atoms with Crippen LogP contribution in [0.2, 0.25) is 0 Å². The molecule has 0 bridgehead atoms. The van der Waals surface area contributed by atoms with Crippen LogP contribution in [0.1, 0.15) is 57.6 Å². The highest BCUT2D eigenvalue weighted by atomic mass is 16.5. The molecule has 2 amide bonds. The van der Waals surface area contributed by atoms with Gasteiger partial charge < -0.3 is 15.0 Å². The van der Waals surface area contributed by atoms with Gasteiger partial charge in [0.05, 0.1) is 13.0 Å². The predicted molar refractivity (Wildman–Crippen MR) is 110 cm³/mol. The fourth-order valence-electron chi connectivity index (χ4n) is 4.60. The van der Waals surface area contributed by atoms with Crippen molar-refractivity contribution in [3.8, 4) is 0 Å². The molecule has 1 aliphatic carbocycles. The Morgan fingerprint density at radius 3 is 2.29 bits per heavy atom. The third-order valence-corrected chi connectivity index (χ3v) is 6.33. The maximum absolute atomic E-state index is 12.9. The molecule has 2 aliphatic rings. The number of ether oxygens (including phenoxy) is 1. The molecule has 28 heavy (non-hydrogen) atoms. The fourth-order valence-corrected chi connectivity index (χ4v) is 4.60. The van der Waals surface area contributed by atoms with E-state index in [0.717, 1.165) is 25.9 Å². The zero-order valence-corrected chi connectivity index (χ0v) is 17.8. The minimum Gasteiger partial charge on any atom is -0.453 e. The first kappa shape index (κ1) is 20.7. The van der Waals surface area contributed by atoms with Crippen molar-refractivity contribution in [1.29, 1.82) is 0 Å². The number of nitrogens with one attached hydrogen (secondary N) is 1. The smallest absolute Gasteiger partial charge is 0.406 e. The summed E-state index contributed by atoms with van der Waals surface area (Å²) in [7, 11) is 1.34. The summed E-state index contributed by atoms with van der Waals surface area (Å²) in [6.45, 7) is 10.8. The number of piperidine rings is 1. The average molecular weight is 387 g/mol. The molecule has 5 nitrogen and oxygen atoms in total. The van der Waals surface area contributed by atoms with E-state index < -0.39 is 6.09 Å². The van der Waals surface area contributed by atoms with Crippen molar-refractivity contribution in [1.82, 2.24) is 10.2 Å². The van der Waals surface area contributed by atoms with Crippen molar-refractivity contribution in [3.63, 3.8) is 0 Å². The van der Waals surface area contributed by atoms with Crippen molar-refractivity contribution in [2.75, 3.05) is 26.7 Å². The van der Waals surface area contributed by atoms with Gasteiger partial charge in [0.15, 0.2) is 0 Å². The van der Waals surface area contributed by atoms with Gasteiger partial charge in [-0.25, -0.2) is 4.79 Å². The number of carbonyl (C=O) groups excluding carboxylic acids is 2. The Bertz CT molecular complexity index is 696. The number of carbonyl (C=O) groups is 2. The molecule has 2 fully saturated rings. The maximum atomic E-state index is 12.9. The first-order chi connectivity index (χ1) is 13.3. The summed E-state index contributed by atoms with van der Waals surface area (Å²) < 4.78 is 4.63. The number of benzene rings is 1. The van der Waals surface area contributed by atoms with E-state index in [-0.39, 0.29) is 17.2 Å². The summed E-state index contributed by atoms with van der Waals surface area (Å²) in [5, 5.41) is 2.69. The quantitative estimate of drug-likeness (QED) is 0.806. The third kappa shape index (κ3) is 4.34. The zero-order chi connectivity index (χ0) is 20.5. The third-order valence-electron chi connectivity index (χ3n) is 6.33. The van der Waals surface area contributed by atoms with Crippen LogP contribution in [-0.4, -0.2) is 43.6 Å². The van der Waals surface area contributed by atoms with Crippen molar-refractivity contribution in [2.45, 2.75) is 51.9 Å². The number of fused-ring (bicyclic) bond motifs is 1. The number of nitrogens with zero attached hydrogens (tertiary/aromatic N) is 1. The molecule has 0 radical (unpaired) electrons. The highest BCUT2D eigenvalue weighted by Gasteiger charge is 2.57. The Hall–Kier alpha value is -2.04. The van der Waals surface area contributed by atoms with Crippen molar-refractivity contribution < 1.29 is 14.3 Å². The number of hydrogen-bond acceptors (Lipinski definition) is 3. The molecule has 1 N–H and O–H groups in total. The molecular formula is C23H34N2O3. The Morgan fingerprint density at radius 2 is 1.79 bits per heavy atom. The maximum Gasteiger partial charge on any atom is 0.406 e. The fraction of sp³-hybridized carbons (Fsp3) is 0.652. The normalized spacial score (nSPS) is 24.5.